The smallest absolute Gasteiger partial charge is 0.306 e. The van der Waals surface area contributed by atoms with Crippen LogP contribution in [0.5, 0.6) is 0 Å². The van der Waals surface area contributed by atoms with Gasteiger partial charge in [-0.3, -0.25) is 9.59 Å². The van der Waals surface area contributed by atoms with Crippen LogP contribution in [-0.4, -0.2) is 17.4 Å². The van der Waals surface area contributed by atoms with Gasteiger partial charge in [0.1, 0.15) is 5.60 Å². The first-order valence-corrected chi connectivity index (χ1v) is 6.92. The van der Waals surface area contributed by atoms with E-state index in [1.165, 1.54) is 0 Å². The maximum atomic E-state index is 11.8. The highest BCUT2D eigenvalue weighted by Crippen LogP contribution is 2.29. The Hall–Kier alpha value is -1.38. The van der Waals surface area contributed by atoms with E-state index < -0.39 is 5.60 Å². The molecule has 1 rings (SSSR count). The van der Waals surface area contributed by atoms with Crippen molar-refractivity contribution < 1.29 is 14.3 Å². The molecule has 0 aromatic heterocycles. The standard InChI is InChI=1S/C16H24O3/c1-5-6-7-8-13-12(9-10-14(13)17)11-15(18)19-16(2,3)4/h6-7,9-10,12-13H,5,8,11H2,1-4H3/b7-6-/t12-,13+/m0/s1. The number of hydrogen-bond donors (Lipinski definition) is 0. The van der Waals surface area contributed by atoms with Crippen LogP contribution in [0.3, 0.4) is 0 Å². The van der Waals surface area contributed by atoms with E-state index in [9.17, 15) is 9.59 Å². The van der Waals surface area contributed by atoms with E-state index in [2.05, 4.69) is 13.0 Å². The van der Waals surface area contributed by atoms with E-state index in [-0.39, 0.29) is 30.0 Å². The van der Waals surface area contributed by atoms with Crippen molar-refractivity contribution in [2.75, 3.05) is 0 Å². The molecule has 0 aromatic carbocycles. The Bertz CT molecular complexity index is 385. The Balaban J connectivity index is 2.56. The molecule has 0 saturated heterocycles. The van der Waals surface area contributed by atoms with Crippen LogP contribution in [0.2, 0.25) is 0 Å². The van der Waals surface area contributed by atoms with Crippen LogP contribution in [0, 0.1) is 11.8 Å². The Kier molecular flexibility index (Phi) is 5.52. The summed E-state index contributed by atoms with van der Waals surface area (Å²) in [5.41, 5.74) is -0.471. The summed E-state index contributed by atoms with van der Waals surface area (Å²) in [6.07, 6.45) is 9.46. The molecule has 0 aromatic rings. The van der Waals surface area contributed by atoms with Crippen molar-refractivity contribution in [1.29, 1.82) is 0 Å². The zero-order chi connectivity index (χ0) is 14.5. The van der Waals surface area contributed by atoms with Gasteiger partial charge in [0, 0.05) is 5.92 Å². The number of esters is 1. The molecule has 0 spiro atoms. The average molecular weight is 264 g/mol. The van der Waals surface area contributed by atoms with E-state index in [0.717, 1.165) is 6.42 Å². The monoisotopic (exact) mass is 264 g/mol. The number of rotatable bonds is 5. The van der Waals surface area contributed by atoms with Gasteiger partial charge in [-0.15, -0.1) is 0 Å². The molecule has 0 aliphatic heterocycles. The number of carbonyl (C=O) groups is 2. The first-order chi connectivity index (χ1) is 8.83. The van der Waals surface area contributed by atoms with Crippen LogP contribution in [0.15, 0.2) is 24.3 Å². The molecule has 0 unspecified atom stereocenters. The molecule has 0 N–H and O–H groups in total. The molecule has 0 heterocycles. The lowest BCUT2D eigenvalue weighted by Crippen LogP contribution is -2.26. The fourth-order valence-electron chi connectivity index (χ4n) is 2.17. The lowest BCUT2D eigenvalue weighted by atomic mass is 9.89. The predicted octanol–water partition coefficient (Wildman–Crippen LogP) is 3.45. The lowest BCUT2D eigenvalue weighted by Gasteiger charge is -2.22. The Labute approximate surface area is 115 Å². The molecule has 1 aliphatic rings. The van der Waals surface area contributed by atoms with Crippen molar-refractivity contribution in [2.45, 2.75) is 52.6 Å². The van der Waals surface area contributed by atoms with Gasteiger partial charge in [0.25, 0.3) is 0 Å². The summed E-state index contributed by atoms with van der Waals surface area (Å²) in [5, 5.41) is 0. The predicted molar refractivity (Wildman–Crippen MR) is 75.6 cm³/mol. The summed E-state index contributed by atoms with van der Waals surface area (Å²) in [5.74, 6) is -0.241. The quantitative estimate of drug-likeness (QED) is 0.564. The van der Waals surface area contributed by atoms with E-state index in [4.69, 9.17) is 4.74 Å². The van der Waals surface area contributed by atoms with Gasteiger partial charge in [0.2, 0.25) is 0 Å². The minimum Gasteiger partial charge on any atom is -0.460 e. The zero-order valence-electron chi connectivity index (χ0n) is 12.3. The third-order valence-electron chi connectivity index (χ3n) is 3.00. The molecule has 1 aliphatic carbocycles. The molecule has 3 heteroatoms. The van der Waals surface area contributed by atoms with E-state index in [1.807, 2.05) is 32.9 Å². The van der Waals surface area contributed by atoms with E-state index >= 15 is 0 Å². The first kappa shape index (κ1) is 15.7. The second kappa shape index (κ2) is 6.69. The fourth-order valence-corrected chi connectivity index (χ4v) is 2.17. The van der Waals surface area contributed by atoms with Crippen LogP contribution in [0.25, 0.3) is 0 Å². The van der Waals surface area contributed by atoms with Crippen molar-refractivity contribution in [3.05, 3.63) is 24.3 Å². The molecule has 2 atom stereocenters. The number of carbonyl (C=O) groups excluding carboxylic acids is 2. The number of ketones is 1. The Morgan fingerprint density at radius 3 is 2.63 bits per heavy atom. The van der Waals surface area contributed by atoms with Crippen molar-refractivity contribution in [1.82, 2.24) is 0 Å². The number of ether oxygens (including phenoxy) is 1. The van der Waals surface area contributed by atoms with Gasteiger partial charge in [-0.1, -0.05) is 25.2 Å². The molecule has 19 heavy (non-hydrogen) atoms. The number of hydrogen-bond acceptors (Lipinski definition) is 3. The van der Waals surface area contributed by atoms with Crippen LogP contribution < -0.4 is 0 Å². The van der Waals surface area contributed by atoms with Crippen molar-refractivity contribution >= 4 is 11.8 Å². The SMILES string of the molecule is CC/C=C\C[C@H]1C(=O)C=C[C@H]1CC(=O)OC(C)(C)C. The molecular formula is C16H24O3. The summed E-state index contributed by atoms with van der Waals surface area (Å²) in [4.78, 5) is 23.6. The largest absolute Gasteiger partial charge is 0.460 e. The van der Waals surface area contributed by atoms with Gasteiger partial charge in [0.05, 0.1) is 6.42 Å². The Morgan fingerprint density at radius 2 is 2.05 bits per heavy atom. The van der Waals surface area contributed by atoms with Gasteiger partial charge < -0.3 is 4.74 Å². The zero-order valence-corrected chi connectivity index (χ0v) is 12.3. The van der Waals surface area contributed by atoms with Gasteiger partial charge in [-0.2, -0.15) is 0 Å². The molecular weight excluding hydrogens is 240 g/mol. The van der Waals surface area contributed by atoms with Crippen molar-refractivity contribution in [3.63, 3.8) is 0 Å². The first-order valence-electron chi connectivity index (χ1n) is 6.92. The molecule has 0 saturated carbocycles. The molecule has 0 amide bonds. The minimum absolute atomic E-state index is 0.0242. The second-order valence-electron chi connectivity index (χ2n) is 5.94. The van der Waals surface area contributed by atoms with Crippen LogP contribution >= 0.6 is 0 Å². The summed E-state index contributed by atoms with van der Waals surface area (Å²) in [6.45, 7) is 7.61. The number of allylic oxidation sites excluding steroid dienone is 4. The lowest BCUT2D eigenvalue weighted by molar-refractivity contribution is -0.155. The third-order valence-corrected chi connectivity index (χ3v) is 3.00. The maximum absolute atomic E-state index is 11.8. The summed E-state index contributed by atoms with van der Waals surface area (Å²) in [6, 6.07) is 0. The van der Waals surface area contributed by atoms with Crippen molar-refractivity contribution in [3.8, 4) is 0 Å². The summed E-state index contributed by atoms with van der Waals surface area (Å²) >= 11 is 0. The molecule has 106 valence electrons. The van der Waals surface area contributed by atoms with Crippen LogP contribution in [0.1, 0.15) is 47.0 Å². The van der Waals surface area contributed by atoms with Crippen LogP contribution in [-0.2, 0) is 14.3 Å². The van der Waals surface area contributed by atoms with Crippen molar-refractivity contribution in [2.24, 2.45) is 11.8 Å². The Morgan fingerprint density at radius 1 is 1.37 bits per heavy atom. The molecule has 0 bridgehead atoms. The highest BCUT2D eigenvalue weighted by molar-refractivity contribution is 5.95. The summed E-state index contributed by atoms with van der Waals surface area (Å²) < 4.78 is 5.31. The summed E-state index contributed by atoms with van der Waals surface area (Å²) in [7, 11) is 0. The van der Waals surface area contributed by atoms with Gasteiger partial charge in [-0.05, 0) is 45.6 Å². The molecule has 0 radical (unpaired) electrons. The van der Waals surface area contributed by atoms with Gasteiger partial charge >= 0.3 is 5.97 Å². The van der Waals surface area contributed by atoms with Crippen LogP contribution in [0.4, 0.5) is 0 Å². The van der Waals surface area contributed by atoms with Gasteiger partial charge in [0.15, 0.2) is 5.78 Å². The molecule has 0 fully saturated rings. The second-order valence-corrected chi connectivity index (χ2v) is 5.94. The topological polar surface area (TPSA) is 43.4 Å². The minimum atomic E-state index is -0.471. The van der Waals surface area contributed by atoms with E-state index in [0.29, 0.717) is 6.42 Å². The highest BCUT2D eigenvalue weighted by atomic mass is 16.6. The normalized spacial score (nSPS) is 23.3. The highest BCUT2D eigenvalue weighted by Gasteiger charge is 2.31. The van der Waals surface area contributed by atoms with E-state index in [1.54, 1.807) is 6.08 Å². The van der Waals surface area contributed by atoms with Gasteiger partial charge in [-0.25, -0.2) is 0 Å². The maximum Gasteiger partial charge on any atom is 0.306 e. The fraction of sp³-hybridized carbons (Fsp3) is 0.625. The molecule has 3 nitrogen and oxygen atoms in total. The average Bonchev–Trinajstić information content (AvgIpc) is 2.59. The third kappa shape index (κ3) is 5.41.